The lowest BCUT2D eigenvalue weighted by Crippen LogP contribution is -2.01. The van der Waals surface area contributed by atoms with Crippen LogP contribution in [0.4, 0.5) is 5.95 Å². The van der Waals surface area contributed by atoms with Crippen LogP contribution in [-0.2, 0) is 0 Å². The van der Waals surface area contributed by atoms with Gasteiger partial charge in [-0.3, -0.25) is 0 Å². The van der Waals surface area contributed by atoms with E-state index in [0.29, 0.717) is 5.16 Å². The van der Waals surface area contributed by atoms with Gasteiger partial charge < -0.3 is 15.9 Å². The number of benzene rings is 1. The number of rotatable bonds is 2. The molecule has 6 nitrogen and oxygen atoms in total. The van der Waals surface area contributed by atoms with E-state index in [1.54, 1.807) is 6.26 Å². The number of hydrogen-bond donors (Lipinski definition) is 3. The predicted octanol–water partition coefficient (Wildman–Crippen LogP) is 1.25. The zero-order valence-electron chi connectivity index (χ0n) is 8.95. The van der Waals surface area contributed by atoms with Crippen LogP contribution in [0.5, 0.6) is 11.5 Å². The highest BCUT2D eigenvalue weighted by Gasteiger charge is 2.14. The van der Waals surface area contributed by atoms with Gasteiger partial charge in [-0.25, -0.2) is 4.98 Å². The molecule has 17 heavy (non-hydrogen) atoms. The number of phenols is 2. The van der Waals surface area contributed by atoms with Crippen LogP contribution in [0.2, 0.25) is 0 Å². The van der Waals surface area contributed by atoms with Gasteiger partial charge in [0.25, 0.3) is 0 Å². The number of nitrogen functional groups attached to an aromatic ring is 1. The van der Waals surface area contributed by atoms with Crippen LogP contribution < -0.4 is 5.73 Å². The maximum absolute atomic E-state index is 9.69. The fourth-order valence-electron chi connectivity index (χ4n) is 1.33. The minimum absolute atomic E-state index is 0.0435. The Hall–Kier alpha value is -2.02. The molecule has 0 aliphatic rings. The van der Waals surface area contributed by atoms with Crippen LogP contribution >= 0.6 is 11.8 Å². The summed E-state index contributed by atoms with van der Waals surface area (Å²) in [4.78, 5) is 11.9. The largest absolute Gasteiger partial charge is 0.507 e. The smallest absolute Gasteiger partial charge is 0.224 e. The number of nitrogens with zero attached hydrogens (tertiary/aromatic N) is 3. The van der Waals surface area contributed by atoms with Crippen molar-refractivity contribution in [2.45, 2.75) is 5.16 Å². The Balaban J connectivity index is 2.64. The normalized spacial score (nSPS) is 10.4. The second-order valence-corrected chi connectivity index (χ2v) is 3.95. The maximum atomic E-state index is 9.69. The molecule has 1 aromatic carbocycles. The summed E-state index contributed by atoms with van der Waals surface area (Å²) in [5.41, 5.74) is 5.68. The number of hydrogen-bond acceptors (Lipinski definition) is 7. The number of thioether (sulfide) groups is 1. The van der Waals surface area contributed by atoms with Crippen molar-refractivity contribution in [3.63, 3.8) is 0 Å². The lowest BCUT2D eigenvalue weighted by Gasteiger charge is -2.06. The topological polar surface area (TPSA) is 105 Å². The molecular weight excluding hydrogens is 240 g/mol. The van der Waals surface area contributed by atoms with Crippen molar-refractivity contribution in [2.75, 3.05) is 12.0 Å². The number of anilines is 1. The lowest BCUT2D eigenvalue weighted by molar-refractivity contribution is 0.453. The molecule has 0 aliphatic heterocycles. The second kappa shape index (κ2) is 4.46. The summed E-state index contributed by atoms with van der Waals surface area (Å²) in [5, 5.41) is 19.8. The highest BCUT2D eigenvalue weighted by molar-refractivity contribution is 7.98. The molecular formula is C10H10N4O2S. The SMILES string of the molecule is CSc1nc(N)nc(-c2c(O)cccc2O)n1. The molecule has 1 heterocycles. The molecule has 0 amide bonds. The fourth-order valence-corrected chi connectivity index (χ4v) is 1.70. The first-order valence-electron chi connectivity index (χ1n) is 4.68. The van der Waals surface area contributed by atoms with E-state index in [1.807, 2.05) is 0 Å². The Bertz CT molecular complexity index is 542. The maximum Gasteiger partial charge on any atom is 0.224 e. The van der Waals surface area contributed by atoms with Gasteiger partial charge in [0.15, 0.2) is 11.0 Å². The Morgan fingerprint density at radius 1 is 1.12 bits per heavy atom. The van der Waals surface area contributed by atoms with E-state index in [-0.39, 0.29) is 28.8 Å². The first kappa shape index (κ1) is 11.5. The van der Waals surface area contributed by atoms with Crippen molar-refractivity contribution in [2.24, 2.45) is 0 Å². The molecule has 0 radical (unpaired) electrons. The number of phenolic OH excluding ortho intramolecular Hbond substituents is 2. The molecule has 2 aromatic rings. The minimum atomic E-state index is -0.109. The highest BCUT2D eigenvalue weighted by Crippen LogP contribution is 2.35. The van der Waals surface area contributed by atoms with Gasteiger partial charge in [0.2, 0.25) is 5.95 Å². The van der Waals surface area contributed by atoms with E-state index in [4.69, 9.17) is 5.73 Å². The molecule has 1 aromatic heterocycles. The third-order valence-electron chi connectivity index (χ3n) is 2.06. The van der Waals surface area contributed by atoms with E-state index < -0.39 is 0 Å². The van der Waals surface area contributed by atoms with Crippen LogP contribution in [0, 0.1) is 0 Å². The van der Waals surface area contributed by atoms with Gasteiger partial charge in [-0.05, 0) is 18.4 Å². The predicted molar refractivity (Wildman–Crippen MR) is 64.8 cm³/mol. The van der Waals surface area contributed by atoms with Crippen LogP contribution in [0.15, 0.2) is 23.4 Å². The van der Waals surface area contributed by atoms with Gasteiger partial charge in [0.05, 0.1) is 0 Å². The standard InChI is InChI=1S/C10H10N4O2S/c1-17-10-13-8(12-9(11)14-10)7-5(15)3-2-4-6(7)16/h2-4,15-16H,1H3,(H2,11,12,13,14). The van der Waals surface area contributed by atoms with Crippen LogP contribution in [0.25, 0.3) is 11.4 Å². The zero-order valence-corrected chi connectivity index (χ0v) is 9.77. The van der Waals surface area contributed by atoms with Crippen molar-refractivity contribution >= 4 is 17.7 Å². The summed E-state index contributed by atoms with van der Waals surface area (Å²) in [6.45, 7) is 0. The van der Waals surface area contributed by atoms with E-state index >= 15 is 0 Å². The summed E-state index contributed by atoms with van der Waals surface area (Å²) in [6, 6.07) is 4.40. The van der Waals surface area contributed by atoms with E-state index in [2.05, 4.69) is 15.0 Å². The average Bonchev–Trinajstić information content (AvgIpc) is 2.28. The van der Waals surface area contributed by atoms with E-state index in [0.717, 1.165) is 0 Å². The van der Waals surface area contributed by atoms with Crippen molar-refractivity contribution in [1.29, 1.82) is 0 Å². The highest BCUT2D eigenvalue weighted by atomic mass is 32.2. The molecule has 0 fully saturated rings. The van der Waals surface area contributed by atoms with Crippen molar-refractivity contribution < 1.29 is 10.2 Å². The van der Waals surface area contributed by atoms with Gasteiger partial charge in [0, 0.05) is 0 Å². The molecule has 88 valence electrons. The summed E-state index contributed by atoms with van der Waals surface area (Å²) in [6.07, 6.45) is 1.79. The molecule has 0 unspecified atom stereocenters. The molecule has 0 saturated heterocycles. The minimum Gasteiger partial charge on any atom is -0.507 e. The third kappa shape index (κ3) is 2.23. The Kier molecular flexibility index (Phi) is 3.01. The number of aromatic nitrogens is 3. The Labute approximate surface area is 102 Å². The summed E-state index contributed by atoms with van der Waals surface area (Å²) < 4.78 is 0. The average molecular weight is 250 g/mol. The fraction of sp³-hybridized carbons (Fsp3) is 0.100. The molecule has 7 heteroatoms. The monoisotopic (exact) mass is 250 g/mol. The van der Waals surface area contributed by atoms with E-state index in [9.17, 15) is 10.2 Å². The van der Waals surface area contributed by atoms with E-state index in [1.165, 1.54) is 30.0 Å². The quantitative estimate of drug-likeness (QED) is 0.689. The van der Waals surface area contributed by atoms with Crippen molar-refractivity contribution in [3.05, 3.63) is 18.2 Å². The first-order chi connectivity index (χ1) is 8.11. The summed E-state index contributed by atoms with van der Waals surface area (Å²) in [7, 11) is 0. The molecule has 4 N–H and O–H groups in total. The van der Waals surface area contributed by atoms with Gasteiger partial charge in [-0.15, -0.1) is 0 Å². The van der Waals surface area contributed by atoms with Crippen molar-refractivity contribution in [1.82, 2.24) is 15.0 Å². The van der Waals surface area contributed by atoms with Gasteiger partial charge in [-0.2, -0.15) is 9.97 Å². The van der Waals surface area contributed by atoms with Crippen LogP contribution in [0.3, 0.4) is 0 Å². The molecule has 0 aliphatic carbocycles. The lowest BCUT2D eigenvalue weighted by atomic mass is 10.1. The molecule has 0 saturated carbocycles. The summed E-state index contributed by atoms with van der Waals surface area (Å²) in [5.74, 6) is -0.0234. The summed E-state index contributed by atoms with van der Waals surface area (Å²) >= 11 is 1.30. The van der Waals surface area contributed by atoms with Gasteiger partial charge in [-0.1, -0.05) is 17.8 Å². The molecule has 0 atom stereocenters. The molecule has 2 rings (SSSR count). The van der Waals surface area contributed by atoms with Crippen molar-refractivity contribution in [3.8, 4) is 22.9 Å². The van der Waals surface area contributed by atoms with Crippen LogP contribution in [-0.4, -0.2) is 31.4 Å². The number of nitrogens with two attached hydrogens (primary N) is 1. The Morgan fingerprint density at radius 2 is 1.76 bits per heavy atom. The second-order valence-electron chi connectivity index (χ2n) is 3.18. The number of aromatic hydroxyl groups is 2. The first-order valence-corrected chi connectivity index (χ1v) is 5.91. The zero-order chi connectivity index (χ0) is 12.4. The van der Waals surface area contributed by atoms with Crippen LogP contribution in [0.1, 0.15) is 0 Å². The molecule has 0 bridgehead atoms. The van der Waals surface area contributed by atoms with Gasteiger partial charge >= 0.3 is 0 Å². The third-order valence-corrected chi connectivity index (χ3v) is 2.61. The Morgan fingerprint density at radius 3 is 2.35 bits per heavy atom. The molecule has 0 spiro atoms. The van der Waals surface area contributed by atoms with Gasteiger partial charge in [0.1, 0.15) is 17.1 Å².